The molecule has 0 saturated carbocycles. The van der Waals surface area contributed by atoms with Crippen LogP contribution in [0, 0.1) is 0 Å². The van der Waals surface area contributed by atoms with Crippen molar-refractivity contribution in [3.63, 3.8) is 0 Å². The van der Waals surface area contributed by atoms with Crippen LogP contribution >= 0.6 is 0 Å². The summed E-state index contributed by atoms with van der Waals surface area (Å²) in [6.45, 7) is -0.546. The third-order valence-electron chi connectivity index (χ3n) is 1.95. The van der Waals surface area contributed by atoms with Crippen LogP contribution < -0.4 is 0 Å². The van der Waals surface area contributed by atoms with E-state index in [-0.39, 0.29) is 18.2 Å². The Morgan fingerprint density at radius 2 is 2.35 bits per heavy atom. The van der Waals surface area contributed by atoms with Crippen molar-refractivity contribution in [2.24, 2.45) is 0 Å². The molecule has 0 aromatic carbocycles. The molecule has 0 aliphatic heterocycles. The molecule has 0 saturated heterocycles. The van der Waals surface area contributed by atoms with Crippen LogP contribution in [0.25, 0.3) is 0 Å². The van der Waals surface area contributed by atoms with Crippen molar-refractivity contribution < 1.29 is 23.1 Å². The summed E-state index contributed by atoms with van der Waals surface area (Å²) < 4.78 is 29.5. The van der Waals surface area contributed by atoms with Gasteiger partial charge in [-0.3, -0.25) is 4.79 Å². The number of imidazole rings is 1. The van der Waals surface area contributed by atoms with E-state index in [2.05, 4.69) is 9.97 Å². The molecule has 8 nitrogen and oxygen atoms in total. The molecule has 0 bridgehead atoms. The van der Waals surface area contributed by atoms with Crippen molar-refractivity contribution in [1.29, 1.82) is 0 Å². The summed E-state index contributed by atoms with van der Waals surface area (Å²) in [5, 5.41) is 8.53. The van der Waals surface area contributed by atoms with Crippen LogP contribution in [0.2, 0.25) is 0 Å². The molecule has 0 atom stereocenters. The number of ether oxygens (including phenoxy) is 1. The number of aliphatic carboxylic acids is 1. The number of nitrogens with one attached hydrogen (secondary N) is 1. The molecule has 0 aliphatic rings. The number of hydrogen-bond acceptors (Lipinski definition) is 5. The first-order valence-electron chi connectivity index (χ1n) is 4.67. The number of hydrogen-bond donors (Lipinski definition) is 2. The summed E-state index contributed by atoms with van der Waals surface area (Å²) in [7, 11) is -2.47. The number of aromatic amines is 1. The fraction of sp³-hybridized carbons (Fsp3) is 0.500. The van der Waals surface area contributed by atoms with Crippen molar-refractivity contribution >= 4 is 16.0 Å². The van der Waals surface area contributed by atoms with Gasteiger partial charge in [0.2, 0.25) is 0 Å². The number of aromatic nitrogens is 2. The molecule has 0 spiro atoms. The van der Waals surface area contributed by atoms with Gasteiger partial charge in [-0.15, -0.1) is 0 Å². The Hall–Kier alpha value is -1.45. The molecular formula is C8H13N3O5S. The zero-order valence-corrected chi connectivity index (χ0v) is 9.98. The van der Waals surface area contributed by atoms with Gasteiger partial charge in [0.05, 0.1) is 19.1 Å². The van der Waals surface area contributed by atoms with Crippen molar-refractivity contribution in [3.05, 3.63) is 12.5 Å². The normalized spacial score (nSPS) is 11.9. The Morgan fingerprint density at radius 3 is 2.82 bits per heavy atom. The molecular weight excluding hydrogens is 250 g/mol. The molecule has 0 unspecified atom stereocenters. The smallest absolute Gasteiger partial charge is 0.318 e. The highest BCUT2D eigenvalue weighted by Crippen LogP contribution is 2.11. The predicted octanol–water partition coefficient (Wildman–Crippen LogP) is -0.869. The summed E-state index contributed by atoms with van der Waals surface area (Å²) in [6.07, 6.45) is 2.33. The molecule has 1 aromatic heterocycles. The molecule has 0 aliphatic carbocycles. The van der Waals surface area contributed by atoms with Gasteiger partial charge >= 0.3 is 5.97 Å². The Labute approximate surface area is 98.3 Å². The van der Waals surface area contributed by atoms with E-state index in [4.69, 9.17) is 9.84 Å². The number of carbonyl (C=O) groups is 1. The largest absolute Gasteiger partial charge is 0.480 e. The van der Waals surface area contributed by atoms with E-state index in [1.807, 2.05) is 0 Å². The molecule has 17 heavy (non-hydrogen) atoms. The van der Waals surface area contributed by atoms with Crippen LogP contribution in [-0.4, -0.2) is 60.6 Å². The predicted molar refractivity (Wildman–Crippen MR) is 56.9 cm³/mol. The second-order valence-corrected chi connectivity index (χ2v) is 5.05. The van der Waals surface area contributed by atoms with Gasteiger partial charge in [-0.25, -0.2) is 13.4 Å². The Balaban J connectivity index is 2.92. The van der Waals surface area contributed by atoms with Crippen LogP contribution in [0.5, 0.6) is 0 Å². The summed E-state index contributed by atoms with van der Waals surface area (Å²) >= 11 is 0. The minimum atomic E-state index is -3.87. The number of rotatable bonds is 7. The van der Waals surface area contributed by atoms with Crippen LogP contribution in [-0.2, 0) is 19.6 Å². The van der Waals surface area contributed by atoms with Gasteiger partial charge in [-0.1, -0.05) is 0 Å². The minimum absolute atomic E-state index is 0.0375. The molecule has 2 N–H and O–H groups in total. The quantitative estimate of drug-likeness (QED) is 0.661. The van der Waals surface area contributed by atoms with Gasteiger partial charge in [0.25, 0.3) is 10.0 Å². The topological polar surface area (TPSA) is 113 Å². The standard InChI is InChI=1S/C8H13N3O5S/c1-16-3-2-11(5-8(12)13)17(14,15)7-4-9-6-10-7/h4,6H,2-3,5H2,1H3,(H,9,10)(H,12,13). The van der Waals surface area contributed by atoms with E-state index >= 15 is 0 Å². The molecule has 1 heterocycles. The Kier molecular flexibility index (Phi) is 4.61. The lowest BCUT2D eigenvalue weighted by molar-refractivity contribution is -0.137. The van der Waals surface area contributed by atoms with E-state index in [0.29, 0.717) is 0 Å². The fourth-order valence-electron chi connectivity index (χ4n) is 1.15. The zero-order chi connectivity index (χ0) is 12.9. The van der Waals surface area contributed by atoms with Gasteiger partial charge in [-0.05, 0) is 0 Å². The third-order valence-corrected chi connectivity index (χ3v) is 3.72. The molecule has 0 amide bonds. The molecule has 1 aromatic rings. The number of H-pyrrole nitrogens is 1. The fourth-order valence-corrected chi connectivity index (χ4v) is 2.42. The monoisotopic (exact) mass is 263 g/mol. The lowest BCUT2D eigenvalue weighted by Crippen LogP contribution is -2.38. The number of carboxylic acids is 1. The van der Waals surface area contributed by atoms with Crippen molar-refractivity contribution in [1.82, 2.24) is 14.3 Å². The van der Waals surface area contributed by atoms with Gasteiger partial charge in [0, 0.05) is 13.7 Å². The number of sulfonamides is 1. The van der Waals surface area contributed by atoms with Crippen LogP contribution in [0.3, 0.4) is 0 Å². The van der Waals surface area contributed by atoms with Crippen LogP contribution in [0.4, 0.5) is 0 Å². The average molecular weight is 263 g/mol. The molecule has 0 fully saturated rings. The molecule has 1 rings (SSSR count). The zero-order valence-electron chi connectivity index (χ0n) is 9.16. The van der Waals surface area contributed by atoms with E-state index < -0.39 is 22.5 Å². The van der Waals surface area contributed by atoms with Crippen LogP contribution in [0.15, 0.2) is 17.6 Å². The summed E-state index contributed by atoms with van der Waals surface area (Å²) in [4.78, 5) is 16.6. The first-order chi connectivity index (χ1) is 7.98. The lowest BCUT2D eigenvalue weighted by Gasteiger charge is -2.18. The first kappa shape index (κ1) is 13.6. The average Bonchev–Trinajstić information content (AvgIpc) is 2.77. The highest BCUT2D eigenvalue weighted by molar-refractivity contribution is 7.89. The number of nitrogens with zero attached hydrogens (tertiary/aromatic N) is 2. The summed E-state index contributed by atoms with van der Waals surface area (Å²) in [5.74, 6) is -1.23. The maximum atomic E-state index is 12.0. The van der Waals surface area contributed by atoms with Crippen LogP contribution in [0.1, 0.15) is 0 Å². The van der Waals surface area contributed by atoms with Gasteiger partial charge in [0.1, 0.15) is 6.54 Å². The number of methoxy groups -OCH3 is 1. The second kappa shape index (κ2) is 5.75. The second-order valence-electron chi connectivity index (χ2n) is 3.14. The SMILES string of the molecule is COCCN(CC(=O)O)S(=O)(=O)c1cnc[nH]1. The number of carboxylic acid groups (broad SMARTS) is 1. The van der Waals surface area contributed by atoms with E-state index in [1.165, 1.54) is 13.4 Å². The van der Waals surface area contributed by atoms with E-state index in [0.717, 1.165) is 10.5 Å². The minimum Gasteiger partial charge on any atom is -0.480 e. The highest BCUT2D eigenvalue weighted by atomic mass is 32.2. The molecule has 0 radical (unpaired) electrons. The van der Waals surface area contributed by atoms with E-state index in [1.54, 1.807) is 0 Å². The van der Waals surface area contributed by atoms with Gasteiger partial charge in [-0.2, -0.15) is 4.31 Å². The first-order valence-corrected chi connectivity index (χ1v) is 6.11. The highest BCUT2D eigenvalue weighted by Gasteiger charge is 2.27. The molecule has 9 heteroatoms. The maximum absolute atomic E-state index is 12.0. The summed E-state index contributed by atoms with van der Waals surface area (Å²) in [5.41, 5.74) is 0. The van der Waals surface area contributed by atoms with Crippen molar-refractivity contribution in [3.8, 4) is 0 Å². The van der Waals surface area contributed by atoms with E-state index in [9.17, 15) is 13.2 Å². The van der Waals surface area contributed by atoms with Crippen molar-refractivity contribution in [2.45, 2.75) is 5.03 Å². The molecule has 96 valence electrons. The maximum Gasteiger partial charge on any atom is 0.318 e. The van der Waals surface area contributed by atoms with Gasteiger partial charge in [0.15, 0.2) is 5.03 Å². The third kappa shape index (κ3) is 3.51. The summed E-state index contributed by atoms with van der Waals surface area (Å²) in [6, 6.07) is 0. The lowest BCUT2D eigenvalue weighted by atomic mass is 10.6. The Bertz CT molecular complexity index is 456. The Morgan fingerprint density at radius 1 is 1.65 bits per heavy atom. The van der Waals surface area contributed by atoms with Crippen molar-refractivity contribution in [2.75, 3.05) is 26.8 Å². The van der Waals surface area contributed by atoms with Gasteiger partial charge < -0.3 is 14.8 Å².